The number of pyridine rings is 1. The number of amides is 1. The Morgan fingerprint density at radius 1 is 1.00 bits per heavy atom. The Bertz CT molecular complexity index is 964. The zero-order valence-corrected chi connectivity index (χ0v) is 17.8. The zero-order chi connectivity index (χ0) is 20.8. The monoisotopic (exact) mass is 401 g/mol. The molecule has 1 aliphatic heterocycles. The molecule has 0 aliphatic carbocycles. The molecule has 1 amide bonds. The number of nitrogens with zero attached hydrogens (tertiary/aromatic N) is 3. The minimum Gasteiger partial charge on any atom is -0.330 e. The van der Waals surface area contributed by atoms with Crippen LogP contribution in [0.4, 0.5) is 0 Å². The van der Waals surface area contributed by atoms with Crippen molar-refractivity contribution in [1.29, 1.82) is 0 Å². The summed E-state index contributed by atoms with van der Waals surface area (Å²) in [5.41, 5.74) is 2.58. The molecule has 30 heavy (non-hydrogen) atoms. The van der Waals surface area contributed by atoms with Crippen molar-refractivity contribution in [2.45, 2.75) is 45.2 Å². The molecule has 0 unspecified atom stereocenters. The van der Waals surface area contributed by atoms with E-state index in [1.807, 2.05) is 54.6 Å². The van der Waals surface area contributed by atoms with Gasteiger partial charge in [-0.05, 0) is 43.5 Å². The van der Waals surface area contributed by atoms with Crippen LogP contribution in [0.5, 0.6) is 0 Å². The average Bonchev–Trinajstić information content (AvgIpc) is 2.81. The molecule has 0 atom stereocenters. The molecule has 4 rings (SSSR count). The van der Waals surface area contributed by atoms with Gasteiger partial charge in [-0.1, -0.05) is 67.9 Å². The van der Waals surface area contributed by atoms with Gasteiger partial charge in [0.25, 0.3) is 5.91 Å². The molecular weight excluding hydrogens is 370 g/mol. The third-order valence-electron chi connectivity index (χ3n) is 6.10. The van der Waals surface area contributed by atoms with E-state index in [0.29, 0.717) is 12.2 Å². The van der Waals surface area contributed by atoms with Gasteiger partial charge < -0.3 is 9.80 Å². The Morgan fingerprint density at radius 3 is 2.50 bits per heavy atom. The maximum Gasteiger partial charge on any atom is 0.273 e. The first-order valence-electron chi connectivity index (χ1n) is 11.2. The number of rotatable bonds is 7. The third-order valence-corrected chi connectivity index (χ3v) is 6.10. The van der Waals surface area contributed by atoms with E-state index in [1.165, 1.54) is 24.9 Å². The van der Waals surface area contributed by atoms with E-state index in [1.54, 1.807) is 0 Å². The van der Waals surface area contributed by atoms with Gasteiger partial charge in [0.1, 0.15) is 5.69 Å². The highest BCUT2D eigenvalue weighted by Crippen LogP contribution is 2.22. The van der Waals surface area contributed by atoms with Crippen LogP contribution in [0.15, 0.2) is 66.7 Å². The lowest BCUT2D eigenvalue weighted by atomic mass is 10.0. The fourth-order valence-electron chi connectivity index (χ4n) is 4.32. The number of aromatic nitrogens is 1. The van der Waals surface area contributed by atoms with Crippen LogP contribution < -0.4 is 0 Å². The van der Waals surface area contributed by atoms with E-state index >= 15 is 0 Å². The smallest absolute Gasteiger partial charge is 0.273 e. The van der Waals surface area contributed by atoms with Crippen molar-refractivity contribution in [2.75, 3.05) is 19.6 Å². The molecule has 2 aromatic carbocycles. The Labute approximate surface area is 179 Å². The maximum atomic E-state index is 13.6. The molecule has 1 aliphatic rings. The largest absolute Gasteiger partial charge is 0.330 e. The Balaban J connectivity index is 1.55. The van der Waals surface area contributed by atoms with Crippen LogP contribution in [-0.2, 0) is 6.54 Å². The summed E-state index contributed by atoms with van der Waals surface area (Å²) in [5, 5.41) is 1.06. The number of carbonyl (C=O) groups is 1. The van der Waals surface area contributed by atoms with Gasteiger partial charge >= 0.3 is 0 Å². The molecule has 1 fully saturated rings. The standard InChI is InChI=1S/C26H31N3O/c1-2-3-17-28-18-15-23(16-19-28)29(20-21-9-5-4-6-10-21)26(30)25-14-13-22-11-7-8-12-24(22)27-25/h4-14,23H,2-3,15-20H2,1H3. The van der Waals surface area contributed by atoms with Crippen LogP contribution >= 0.6 is 0 Å². The normalized spacial score (nSPS) is 15.4. The summed E-state index contributed by atoms with van der Waals surface area (Å²) in [6.07, 6.45) is 4.52. The summed E-state index contributed by atoms with van der Waals surface area (Å²) < 4.78 is 0. The van der Waals surface area contributed by atoms with Crippen LogP contribution in [-0.4, -0.2) is 46.4 Å². The minimum atomic E-state index is 0.0385. The first-order chi connectivity index (χ1) is 14.7. The van der Waals surface area contributed by atoms with Crippen LogP contribution in [0, 0.1) is 0 Å². The highest BCUT2D eigenvalue weighted by molar-refractivity contribution is 5.95. The number of para-hydroxylation sites is 1. The van der Waals surface area contributed by atoms with E-state index in [2.05, 4.69) is 33.8 Å². The van der Waals surface area contributed by atoms with Gasteiger partial charge in [0.05, 0.1) is 5.52 Å². The van der Waals surface area contributed by atoms with Crippen molar-refractivity contribution < 1.29 is 4.79 Å². The number of fused-ring (bicyclic) bond motifs is 1. The van der Waals surface area contributed by atoms with Gasteiger partial charge in [0.2, 0.25) is 0 Å². The van der Waals surface area contributed by atoms with Crippen molar-refractivity contribution in [3.8, 4) is 0 Å². The lowest BCUT2D eigenvalue weighted by Gasteiger charge is -2.38. The number of hydrogen-bond acceptors (Lipinski definition) is 3. The Hall–Kier alpha value is -2.72. The first-order valence-corrected chi connectivity index (χ1v) is 11.2. The number of likely N-dealkylation sites (tertiary alicyclic amines) is 1. The molecule has 0 bridgehead atoms. The van der Waals surface area contributed by atoms with Crippen molar-refractivity contribution in [1.82, 2.24) is 14.8 Å². The van der Waals surface area contributed by atoms with Gasteiger partial charge in [-0.2, -0.15) is 0 Å². The SMILES string of the molecule is CCCCN1CCC(N(Cc2ccccc2)C(=O)c2ccc3ccccc3n2)CC1. The summed E-state index contributed by atoms with van der Waals surface area (Å²) in [5.74, 6) is 0.0385. The second-order valence-electron chi connectivity index (χ2n) is 8.23. The van der Waals surface area contributed by atoms with Crippen LogP contribution in [0.3, 0.4) is 0 Å². The van der Waals surface area contributed by atoms with Gasteiger partial charge in [0.15, 0.2) is 0 Å². The quantitative estimate of drug-likeness (QED) is 0.550. The van der Waals surface area contributed by atoms with Gasteiger partial charge in [-0.3, -0.25) is 4.79 Å². The predicted molar refractivity (Wildman–Crippen MR) is 122 cm³/mol. The van der Waals surface area contributed by atoms with Gasteiger partial charge in [0, 0.05) is 31.1 Å². The van der Waals surface area contributed by atoms with Crippen molar-refractivity contribution in [3.05, 3.63) is 78.0 Å². The van der Waals surface area contributed by atoms with Crippen molar-refractivity contribution in [3.63, 3.8) is 0 Å². The highest BCUT2D eigenvalue weighted by atomic mass is 16.2. The molecule has 1 aromatic heterocycles. The molecule has 3 aromatic rings. The third kappa shape index (κ3) is 4.88. The number of piperidine rings is 1. The van der Waals surface area contributed by atoms with E-state index < -0.39 is 0 Å². The molecule has 0 radical (unpaired) electrons. The van der Waals surface area contributed by atoms with E-state index in [0.717, 1.165) is 36.8 Å². The zero-order valence-electron chi connectivity index (χ0n) is 17.8. The fraction of sp³-hybridized carbons (Fsp3) is 0.385. The van der Waals surface area contributed by atoms with E-state index in [-0.39, 0.29) is 11.9 Å². The molecule has 0 spiro atoms. The molecule has 4 heteroatoms. The predicted octanol–water partition coefficient (Wildman–Crippen LogP) is 5.14. The van der Waals surface area contributed by atoms with Crippen LogP contribution in [0.1, 0.15) is 48.7 Å². The fourth-order valence-corrected chi connectivity index (χ4v) is 4.32. The second-order valence-corrected chi connectivity index (χ2v) is 8.23. The highest BCUT2D eigenvalue weighted by Gasteiger charge is 2.29. The molecule has 0 saturated carbocycles. The number of unbranched alkanes of at least 4 members (excludes halogenated alkanes) is 1. The summed E-state index contributed by atoms with van der Waals surface area (Å²) >= 11 is 0. The summed E-state index contributed by atoms with van der Waals surface area (Å²) in [6, 6.07) is 22.4. The van der Waals surface area contributed by atoms with Gasteiger partial charge in [-0.25, -0.2) is 4.98 Å². The number of benzene rings is 2. The minimum absolute atomic E-state index is 0.0385. The molecule has 4 nitrogen and oxygen atoms in total. The van der Waals surface area contributed by atoms with Crippen molar-refractivity contribution in [2.24, 2.45) is 0 Å². The average molecular weight is 402 g/mol. The lowest BCUT2D eigenvalue weighted by Crippen LogP contribution is -2.47. The first kappa shape index (κ1) is 20.5. The summed E-state index contributed by atoms with van der Waals surface area (Å²) in [4.78, 5) is 22.9. The Morgan fingerprint density at radius 2 is 1.73 bits per heavy atom. The maximum absolute atomic E-state index is 13.6. The van der Waals surface area contributed by atoms with E-state index in [4.69, 9.17) is 0 Å². The summed E-state index contributed by atoms with van der Waals surface area (Å²) in [7, 11) is 0. The van der Waals surface area contributed by atoms with Gasteiger partial charge in [-0.15, -0.1) is 0 Å². The van der Waals surface area contributed by atoms with E-state index in [9.17, 15) is 4.79 Å². The molecule has 0 N–H and O–H groups in total. The molecule has 2 heterocycles. The van der Waals surface area contributed by atoms with Crippen LogP contribution in [0.25, 0.3) is 10.9 Å². The van der Waals surface area contributed by atoms with Crippen LogP contribution in [0.2, 0.25) is 0 Å². The molecule has 156 valence electrons. The second kappa shape index (κ2) is 9.86. The number of hydrogen-bond donors (Lipinski definition) is 0. The Kier molecular flexibility index (Phi) is 6.75. The summed E-state index contributed by atoms with van der Waals surface area (Å²) in [6.45, 7) is 6.17. The van der Waals surface area contributed by atoms with Crippen molar-refractivity contribution >= 4 is 16.8 Å². The molecular formula is C26H31N3O. The number of carbonyl (C=O) groups excluding carboxylic acids is 1. The lowest BCUT2D eigenvalue weighted by molar-refractivity contribution is 0.0543. The topological polar surface area (TPSA) is 36.4 Å². The molecule has 1 saturated heterocycles.